The Hall–Kier alpha value is -2.54. The lowest BCUT2D eigenvalue weighted by atomic mass is 10.1. The van der Waals surface area contributed by atoms with Crippen molar-refractivity contribution in [3.8, 4) is 17.4 Å². The molecule has 0 saturated heterocycles. The van der Waals surface area contributed by atoms with Gasteiger partial charge in [0.2, 0.25) is 11.8 Å². The lowest BCUT2D eigenvalue weighted by Crippen LogP contribution is -2.10. The van der Waals surface area contributed by atoms with Gasteiger partial charge in [-0.15, -0.1) is 0 Å². The molecule has 0 aliphatic rings. The summed E-state index contributed by atoms with van der Waals surface area (Å²) in [5.74, 6) is 0.650. The molecular weight excluding hydrogens is 240 g/mol. The quantitative estimate of drug-likeness (QED) is 0.907. The predicted octanol–water partition coefficient (Wildman–Crippen LogP) is 3.56. The minimum atomic E-state index is -0.145. The maximum atomic E-state index is 11.5. The molecule has 4 nitrogen and oxygen atoms in total. The standard InChI is InChI=1S/C15H14N2O2/c1-2-6-14(18)17-15-12(10-16)9-13(19-15)11-7-4-3-5-8-11/h3-5,7-9H,2,6H2,1H3,(H,17,18). The van der Waals surface area contributed by atoms with Gasteiger partial charge in [0, 0.05) is 18.1 Å². The molecule has 2 rings (SSSR count). The topological polar surface area (TPSA) is 66.0 Å². The van der Waals surface area contributed by atoms with Crippen LogP contribution in [0.5, 0.6) is 0 Å². The first-order valence-electron chi connectivity index (χ1n) is 6.13. The maximum absolute atomic E-state index is 11.5. The molecule has 1 N–H and O–H groups in total. The summed E-state index contributed by atoms with van der Waals surface area (Å²) in [7, 11) is 0. The van der Waals surface area contributed by atoms with Gasteiger partial charge in [0.05, 0.1) is 0 Å². The molecule has 1 aromatic heterocycles. The van der Waals surface area contributed by atoms with Gasteiger partial charge in [-0.3, -0.25) is 10.1 Å². The van der Waals surface area contributed by atoms with Gasteiger partial charge in [-0.1, -0.05) is 37.3 Å². The van der Waals surface area contributed by atoms with Crippen LogP contribution in [0.15, 0.2) is 40.8 Å². The molecule has 0 unspecified atom stereocenters. The van der Waals surface area contributed by atoms with Crippen molar-refractivity contribution in [2.24, 2.45) is 0 Å². The van der Waals surface area contributed by atoms with Crippen LogP contribution in [0.3, 0.4) is 0 Å². The monoisotopic (exact) mass is 254 g/mol. The Kier molecular flexibility index (Phi) is 3.99. The maximum Gasteiger partial charge on any atom is 0.226 e. The van der Waals surface area contributed by atoms with Crippen molar-refractivity contribution >= 4 is 11.8 Å². The summed E-state index contributed by atoms with van der Waals surface area (Å²) >= 11 is 0. The Labute approximate surface area is 111 Å². The lowest BCUT2D eigenvalue weighted by molar-refractivity contribution is -0.116. The van der Waals surface area contributed by atoms with Crippen molar-refractivity contribution in [2.45, 2.75) is 19.8 Å². The summed E-state index contributed by atoms with van der Waals surface area (Å²) in [5.41, 5.74) is 1.21. The van der Waals surface area contributed by atoms with Crippen LogP contribution in [0.1, 0.15) is 25.3 Å². The molecular formula is C15H14N2O2. The highest BCUT2D eigenvalue weighted by Gasteiger charge is 2.14. The van der Waals surface area contributed by atoms with Crippen LogP contribution in [-0.2, 0) is 4.79 Å². The molecule has 1 amide bonds. The summed E-state index contributed by atoms with van der Waals surface area (Å²) in [5, 5.41) is 11.7. The number of carbonyl (C=O) groups is 1. The molecule has 1 heterocycles. The minimum Gasteiger partial charge on any atom is -0.439 e. The van der Waals surface area contributed by atoms with Crippen LogP contribution >= 0.6 is 0 Å². The van der Waals surface area contributed by atoms with E-state index >= 15 is 0 Å². The number of carbonyl (C=O) groups excluding carboxylic acids is 1. The highest BCUT2D eigenvalue weighted by atomic mass is 16.4. The van der Waals surface area contributed by atoms with Crippen LogP contribution in [0, 0.1) is 11.3 Å². The van der Waals surface area contributed by atoms with Crippen LogP contribution in [0.2, 0.25) is 0 Å². The third kappa shape index (κ3) is 3.02. The van der Waals surface area contributed by atoms with Crippen molar-refractivity contribution in [1.29, 1.82) is 5.26 Å². The Bertz CT molecular complexity index is 609. The second-order valence-electron chi connectivity index (χ2n) is 4.13. The number of amides is 1. The molecule has 0 aliphatic carbocycles. The number of hydrogen-bond donors (Lipinski definition) is 1. The summed E-state index contributed by atoms with van der Waals surface area (Å²) in [6.07, 6.45) is 1.16. The largest absolute Gasteiger partial charge is 0.439 e. The van der Waals surface area contributed by atoms with Gasteiger partial charge in [-0.2, -0.15) is 5.26 Å². The normalized spacial score (nSPS) is 9.89. The van der Waals surface area contributed by atoms with Gasteiger partial charge in [0.15, 0.2) is 0 Å². The number of anilines is 1. The van der Waals surface area contributed by atoms with E-state index in [1.54, 1.807) is 6.07 Å². The van der Waals surface area contributed by atoms with Gasteiger partial charge in [0.1, 0.15) is 17.4 Å². The van der Waals surface area contributed by atoms with E-state index in [-0.39, 0.29) is 11.8 Å². The molecule has 0 fully saturated rings. The van der Waals surface area contributed by atoms with Gasteiger partial charge >= 0.3 is 0 Å². The Morgan fingerprint density at radius 2 is 2.11 bits per heavy atom. The number of nitrogens with zero attached hydrogens (tertiary/aromatic N) is 1. The Morgan fingerprint density at radius 1 is 1.37 bits per heavy atom. The van der Waals surface area contributed by atoms with Crippen LogP contribution in [0.25, 0.3) is 11.3 Å². The SMILES string of the molecule is CCCC(=O)Nc1oc(-c2ccccc2)cc1C#N. The summed E-state index contributed by atoms with van der Waals surface area (Å²) in [6.45, 7) is 1.92. The minimum absolute atomic E-state index is 0.145. The zero-order chi connectivity index (χ0) is 13.7. The van der Waals surface area contributed by atoms with Crippen LogP contribution in [0.4, 0.5) is 5.88 Å². The zero-order valence-electron chi connectivity index (χ0n) is 10.6. The van der Waals surface area contributed by atoms with Crippen molar-refractivity contribution in [3.05, 3.63) is 42.0 Å². The number of furan rings is 1. The zero-order valence-corrected chi connectivity index (χ0v) is 10.6. The molecule has 0 radical (unpaired) electrons. The van der Waals surface area contributed by atoms with E-state index in [9.17, 15) is 4.79 Å². The average molecular weight is 254 g/mol. The molecule has 0 aliphatic heterocycles. The Balaban J connectivity index is 2.28. The first-order valence-corrected chi connectivity index (χ1v) is 6.13. The van der Waals surface area contributed by atoms with E-state index in [1.807, 2.05) is 43.3 Å². The molecule has 0 spiro atoms. The third-order valence-corrected chi connectivity index (χ3v) is 2.64. The summed E-state index contributed by atoms with van der Waals surface area (Å²) in [4.78, 5) is 11.5. The lowest BCUT2D eigenvalue weighted by Gasteiger charge is -2.00. The van der Waals surface area contributed by atoms with Crippen LogP contribution < -0.4 is 5.32 Å². The van der Waals surface area contributed by atoms with Crippen molar-refractivity contribution in [1.82, 2.24) is 0 Å². The van der Waals surface area contributed by atoms with E-state index in [1.165, 1.54) is 0 Å². The summed E-state index contributed by atoms with van der Waals surface area (Å²) in [6, 6.07) is 13.1. The second kappa shape index (κ2) is 5.87. The van der Waals surface area contributed by atoms with Gasteiger partial charge in [0.25, 0.3) is 0 Å². The fraction of sp³-hybridized carbons (Fsp3) is 0.200. The van der Waals surface area contributed by atoms with Gasteiger partial charge < -0.3 is 4.42 Å². The van der Waals surface area contributed by atoms with Crippen LogP contribution in [-0.4, -0.2) is 5.91 Å². The van der Waals surface area contributed by atoms with E-state index in [4.69, 9.17) is 9.68 Å². The van der Waals surface area contributed by atoms with Crippen molar-refractivity contribution in [2.75, 3.05) is 5.32 Å². The molecule has 4 heteroatoms. The molecule has 0 atom stereocenters. The third-order valence-electron chi connectivity index (χ3n) is 2.64. The predicted molar refractivity (Wildman–Crippen MR) is 72.4 cm³/mol. The van der Waals surface area contributed by atoms with E-state index < -0.39 is 0 Å². The highest BCUT2D eigenvalue weighted by molar-refractivity contribution is 5.91. The number of rotatable bonds is 4. The number of nitrogens with one attached hydrogen (secondary N) is 1. The molecule has 0 bridgehead atoms. The average Bonchev–Trinajstić information content (AvgIpc) is 2.83. The molecule has 19 heavy (non-hydrogen) atoms. The molecule has 1 aromatic carbocycles. The first kappa shape index (κ1) is 12.9. The molecule has 2 aromatic rings. The molecule has 0 saturated carbocycles. The van der Waals surface area contributed by atoms with Crippen molar-refractivity contribution in [3.63, 3.8) is 0 Å². The first-order chi connectivity index (χ1) is 9.24. The van der Waals surface area contributed by atoms with E-state index in [0.29, 0.717) is 17.7 Å². The summed E-state index contributed by atoms with van der Waals surface area (Å²) < 4.78 is 5.55. The van der Waals surface area contributed by atoms with Gasteiger partial charge in [-0.25, -0.2) is 0 Å². The fourth-order valence-corrected chi connectivity index (χ4v) is 1.73. The fourth-order valence-electron chi connectivity index (χ4n) is 1.73. The number of hydrogen-bond acceptors (Lipinski definition) is 3. The van der Waals surface area contributed by atoms with Crippen molar-refractivity contribution < 1.29 is 9.21 Å². The number of benzene rings is 1. The van der Waals surface area contributed by atoms with Gasteiger partial charge in [-0.05, 0) is 6.42 Å². The number of nitriles is 1. The highest BCUT2D eigenvalue weighted by Crippen LogP contribution is 2.28. The molecule has 96 valence electrons. The second-order valence-corrected chi connectivity index (χ2v) is 4.13. The van der Waals surface area contributed by atoms with E-state index in [0.717, 1.165) is 12.0 Å². The van der Waals surface area contributed by atoms with E-state index in [2.05, 4.69) is 5.32 Å². The Morgan fingerprint density at radius 3 is 2.74 bits per heavy atom. The smallest absolute Gasteiger partial charge is 0.226 e.